The number of carbonyl (C=O) groups excluding carboxylic acids is 2. The Balaban J connectivity index is 1.92. The maximum absolute atomic E-state index is 12.2. The van der Waals surface area contributed by atoms with Gasteiger partial charge in [-0.15, -0.1) is 11.3 Å². The van der Waals surface area contributed by atoms with Crippen LogP contribution in [0.1, 0.15) is 48.5 Å². The second-order valence-electron chi connectivity index (χ2n) is 5.83. The zero-order chi connectivity index (χ0) is 17.7. The van der Waals surface area contributed by atoms with E-state index in [1.807, 2.05) is 0 Å². The van der Waals surface area contributed by atoms with Crippen molar-refractivity contribution in [2.24, 2.45) is 5.92 Å². The molecule has 7 nitrogen and oxygen atoms in total. The average Bonchev–Trinajstić information content (AvgIpc) is 2.88. The molecule has 24 heavy (non-hydrogen) atoms. The van der Waals surface area contributed by atoms with Gasteiger partial charge in [0.1, 0.15) is 5.00 Å². The van der Waals surface area contributed by atoms with Crippen LogP contribution in [-0.2, 0) is 9.53 Å². The fourth-order valence-electron chi connectivity index (χ4n) is 2.80. The van der Waals surface area contributed by atoms with Crippen molar-refractivity contribution in [2.75, 3.05) is 11.9 Å². The number of carboxylic acid groups (broad SMARTS) is 1. The van der Waals surface area contributed by atoms with Crippen molar-refractivity contribution in [2.45, 2.75) is 45.6 Å². The number of urea groups is 1. The van der Waals surface area contributed by atoms with E-state index in [2.05, 4.69) is 10.6 Å². The number of carbonyl (C=O) groups is 3. The van der Waals surface area contributed by atoms with Crippen LogP contribution in [0.5, 0.6) is 0 Å². The first-order valence-corrected chi connectivity index (χ1v) is 8.85. The third-order valence-corrected chi connectivity index (χ3v) is 5.11. The van der Waals surface area contributed by atoms with Gasteiger partial charge >= 0.3 is 18.0 Å². The van der Waals surface area contributed by atoms with Crippen LogP contribution in [-0.4, -0.2) is 35.7 Å². The summed E-state index contributed by atoms with van der Waals surface area (Å²) in [5, 5.41) is 16.8. The van der Waals surface area contributed by atoms with Crippen molar-refractivity contribution in [3.63, 3.8) is 0 Å². The minimum Gasteiger partial charge on any atom is -0.481 e. The Morgan fingerprint density at radius 3 is 2.54 bits per heavy atom. The fraction of sp³-hybridized carbons (Fsp3) is 0.562. The molecule has 8 heteroatoms. The molecule has 1 saturated carbocycles. The van der Waals surface area contributed by atoms with Gasteiger partial charge in [0, 0.05) is 6.04 Å². The van der Waals surface area contributed by atoms with Crippen LogP contribution in [0, 0.1) is 12.8 Å². The van der Waals surface area contributed by atoms with E-state index in [4.69, 9.17) is 9.84 Å². The third kappa shape index (κ3) is 4.47. The number of aryl methyl sites for hydroxylation is 1. The van der Waals surface area contributed by atoms with E-state index in [1.165, 1.54) is 11.3 Å². The largest absolute Gasteiger partial charge is 0.481 e. The number of rotatable bonds is 5. The Bertz CT molecular complexity index is 620. The summed E-state index contributed by atoms with van der Waals surface area (Å²) in [6.07, 6.45) is 2.40. The Labute approximate surface area is 144 Å². The fourth-order valence-corrected chi connectivity index (χ4v) is 3.73. The summed E-state index contributed by atoms with van der Waals surface area (Å²) >= 11 is 1.27. The number of thiophene rings is 1. The van der Waals surface area contributed by atoms with Crippen LogP contribution in [0.25, 0.3) is 0 Å². The normalized spacial score (nSPS) is 20.2. The molecule has 0 aliphatic heterocycles. The number of anilines is 1. The molecule has 1 aromatic rings. The van der Waals surface area contributed by atoms with Crippen molar-refractivity contribution in [3.05, 3.63) is 16.5 Å². The van der Waals surface area contributed by atoms with Gasteiger partial charge in [-0.2, -0.15) is 0 Å². The van der Waals surface area contributed by atoms with Gasteiger partial charge < -0.3 is 15.2 Å². The lowest BCUT2D eigenvalue weighted by Crippen LogP contribution is -2.41. The van der Waals surface area contributed by atoms with Crippen LogP contribution >= 0.6 is 11.3 Å². The van der Waals surface area contributed by atoms with Crippen LogP contribution < -0.4 is 10.6 Å². The minimum absolute atomic E-state index is 0.0484. The average molecular weight is 354 g/mol. The molecular formula is C16H22N2O5S. The summed E-state index contributed by atoms with van der Waals surface area (Å²) in [6.45, 7) is 3.79. The SMILES string of the molecule is CCOC(=O)c1c(C)csc1NC(=O)NC1CCC(C(=O)O)CC1. The number of amides is 2. The molecule has 1 fully saturated rings. The van der Waals surface area contributed by atoms with E-state index >= 15 is 0 Å². The van der Waals surface area contributed by atoms with Crippen molar-refractivity contribution in [3.8, 4) is 0 Å². The number of hydrogen-bond donors (Lipinski definition) is 3. The molecule has 0 unspecified atom stereocenters. The van der Waals surface area contributed by atoms with Gasteiger partial charge in [-0.25, -0.2) is 9.59 Å². The Kier molecular flexibility index (Phi) is 6.19. The maximum atomic E-state index is 12.2. The second-order valence-corrected chi connectivity index (χ2v) is 6.71. The molecule has 2 amide bonds. The van der Waals surface area contributed by atoms with E-state index in [1.54, 1.807) is 19.2 Å². The molecule has 0 saturated heterocycles. The zero-order valence-electron chi connectivity index (χ0n) is 13.8. The molecule has 1 aromatic heterocycles. The van der Waals surface area contributed by atoms with Crippen LogP contribution in [0.15, 0.2) is 5.38 Å². The predicted octanol–water partition coefficient (Wildman–Crippen LogP) is 3.00. The van der Waals surface area contributed by atoms with Gasteiger partial charge in [0.05, 0.1) is 18.1 Å². The van der Waals surface area contributed by atoms with E-state index in [9.17, 15) is 14.4 Å². The van der Waals surface area contributed by atoms with E-state index in [0.717, 1.165) is 5.56 Å². The van der Waals surface area contributed by atoms with E-state index in [-0.39, 0.29) is 24.6 Å². The smallest absolute Gasteiger partial charge is 0.341 e. The molecular weight excluding hydrogens is 332 g/mol. The molecule has 0 atom stereocenters. The van der Waals surface area contributed by atoms with Gasteiger partial charge in [-0.05, 0) is 50.5 Å². The lowest BCUT2D eigenvalue weighted by molar-refractivity contribution is -0.142. The first kappa shape index (κ1) is 18.3. The van der Waals surface area contributed by atoms with Crippen LogP contribution in [0.2, 0.25) is 0 Å². The minimum atomic E-state index is -0.772. The number of nitrogens with one attached hydrogen (secondary N) is 2. The molecule has 132 valence electrons. The lowest BCUT2D eigenvalue weighted by Gasteiger charge is -2.26. The molecule has 1 heterocycles. The van der Waals surface area contributed by atoms with Crippen molar-refractivity contribution < 1.29 is 24.2 Å². The quantitative estimate of drug-likeness (QED) is 0.705. The summed E-state index contributed by atoms with van der Waals surface area (Å²) in [6, 6.07) is -0.436. The standard InChI is InChI=1S/C16H22N2O5S/c1-3-23-15(21)12-9(2)8-24-13(12)18-16(22)17-11-6-4-10(5-7-11)14(19)20/h8,10-11H,3-7H2,1-2H3,(H,19,20)(H2,17,18,22). The van der Waals surface area contributed by atoms with Crippen molar-refractivity contribution in [1.82, 2.24) is 5.32 Å². The summed E-state index contributed by atoms with van der Waals surface area (Å²) < 4.78 is 5.01. The number of ether oxygens (including phenoxy) is 1. The number of carboxylic acids is 1. The number of aliphatic carboxylic acids is 1. The van der Waals surface area contributed by atoms with E-state index in [0.29, 0.717) is 36.2 Å². The maximum Gasteiger partial charge on any atom is 0.341 e. The zero-order valence-corrected chi connectivity index (χ0v) is 14.6. The molecule has 1 aliphatic rings. The summed E-state index contributed by atoms with van der Waals surface area (Å²) in [5.74, 6) is -1.54. The summed E-state index contributed by atoms with van der Waals surface area (Å²) in [7, 11) is 0. The van der Waals surface area contributed by atoms with Crippen molar-refractivity contribution in [1.29, 1.82) is 0 Å². The molecule has 0 aromatic carbocycles. The summed E-state index contributed by atoms with van der Waals surface area (Å²) in [5.41, 5.74) is 1.14. The Morgan fingerprint density at radius 2 is 1.96 bits per heavy atom. The van der Waals surface area contributed by atoms with Crippen LogP contribution in [0.3, 0.4) is 0 Å². The monoisotopic (exact) mass is 354 g/mol. The highest BCUT2D eigenvalue weighted by molar-refractivity contribution is 7.15. The lowest BCUT2D eigenvalue weighted by atomic mass is 9.86. The molecule has 0 bridgehead atoms. The topological polar surface area (TPSA) is 105 Å². The van der Waals surface area contributed by atoms with Gasteiger partial charge in [0.25, 0.3) is 0 Å². The predicted molar refractivity (Wildman–Crippen MR) is 90.5 cm³/mol. The Hall–Kier alpha value is -2.09. The number of esters is 1. The van der Waals surface area contributed by atoms with Crippen LogP contribution in [0.4, 0.5) is 9.80 Å². The van der Waals surface area contributed by atoms with E-state index < -0.39 is 11.9 Å². The first-order chi connectivity index (χ1) is 11.4. The first-order valence-electron chi connectivity index (χ1n) is 7.97. The van der Waals surface area contributed by atoms with Crippen molar-refractivity contribution >= 4 is 34.3 Å². The molecule has 1 aliphatic carbocycles. The third-order valence-electron chi connectivity index (χ3n) is 4.09. The van der Waals surface area contributed by atoms with Gasteiger partial charge in [-0.1, -0.05) is 0 Å². The van der Waals surface area contributed by atoms with Gasteiger partial charge in [0.15, 0.2) is 0 Å². The summed E-state index contributed by atoms with van der Waals surface area (Å²) in [4.78, 5) is 35.1. The molecule has 3 N–H and O–H groups in total. The van der Waals surface area contributed by atoms with Gasteiger partial charge in [0.2, 0.25) is 0 Å². The Morgan fingerprint density at radius 1 is 1.29 bits per heavy atom. The molecule has 0 spiro atoms. The second kappa shape index (κ2) is 8.14. The number of hydrogen-bond acceptors (Lipinski definition) is 5. The highest BCUT2D eigenvalue weighted by Crippen LogP contribution is 2.29. The highest BCUT2D eigenvalue weighted by Gasteiger charge is 2.27. The molecule has 2 rings (SSSR count). The molecule has 0 radical (unpaired) electrons. The van der Waals surface area contributed by atoms with Gasteiger partial charge in [-0.3, -0.25) is 10.1 Å². The highest BCUT2D eigenvalue weighted by atomic mass is 32.1.